The normalized spacial score (nSPS) is 10.7. The van der Waals surface area contributed by atoms with Gasteiger partial charge in [0, 0.05) is 36.6 Å². The number of hydrogen-bond acceptors (Lipinski definition) is 3. The molecule has 0 aliphatic carbocycles. The fourth-order valence-electron chi connectivity index (χ4n) is 2.56. The summed E-state index contributed by atoms with van der Waals surface area (Å²) in [5.74, 6) is 0.777. The van der Waals surface area contributed by atoms with E-state index in [0.29, 0.717) is 6.42 Å². The number of hydrogen-bond donors (Lipinski definition) is 2. The number of nitrogens with one attached hydrogen (secondary N) is 2. The zero-order chi connectivity index (χ0) is 16.6. The number of aromatic nitrogens is 4. The molecule has 0 aliphatic heterocycles. The van der Waals surface area contributed by atoms with Crippen molar-refractivity contribution in [3.05, 3.63) is 55.1 Å². The molecule has 3 aromatic rings. The Labute approximate surface area is 140 Å². The summed E-state index contributed by atoms with van der Waals surface area (Å²) in [5, 5.41) is 9.57. The molecule has 6 nitrogen and oxygen atoms in total. The number of rotatable bonds is 8. The third kappa shape index (κ3) is 4.55. The maximum Gasteiger partial charge on any atom is 0.224 e. The highest BCUT2D eigenvalue weighted by Crippen LogP contribution is 2.17. The molecule has 0 atom stereocenters. The van der Waals surface area contributed by atoms with Crippen LogP contribution in [0.1, 0.15) is 25.7 Å². The van der Waals surface area contributed by atoms with Crippen LogP contribution in [0.15, 0.2) is 55.1 Å². The lowest BCUT2D eigenvalue weighted by Crippen LogP contribution is -2.11. The Balaban J connectivity index is 1.37. The second-order valence-corrected chi connectivity index (χ2v) is 5.69. The van der Waals surface area contributed by atoms with E-state index in [9.17, 15) is 4.79 Å². The summed E-state index contributed by atoms with van der Waals surface area (Å²) < 4.78 is 2.16. The Hall–Kier alpha value is -2.89. The monoisotopic (exact) mass is 323 g/mol. The number of aryl methyl sites for hydroxylation is 1. The number of aromatic amines is 1. The molecular formula is C18H21N5O. The van der Waals surface area contributed by atoms with E-state index >= 15 is 0 Å². The summed E-state index contributed by atoms with van der Waals surface area (Å²) in [7, 11) is 0. The van der Waals surface area contributed by atoms with Crippen LogP contribution in [0.2, 0.25) is 0 Å². The van der Waals surface area contributed by atoms with Crippen molar-refractivity contribution in [2.75, 3.05) is 5.32 Å². The standard InChI is InChI=1S/C18H21N5O/c24-17(6-2-1-3-11-23-12-4-5-13-23)21-16-9-7-15(8-10-16)18-19-14-20-22-18/h4-5,7-10,12-14H,1-3,6,11H2,(H,21,24)(H,19,20,22). The zero-order valence-corrected chi connectivity index (χ0v) is 13.5. The van der Waals surface area contributed by atoms with Gasteiger partial charge in [-0.25, -0.2) is 4.98 Å². The lowest BCUT2D eigenvalue weighted by Gasteiger charge is -2.06. The molecule has 0 bridgehead atoms. The summed E-state index contributed by atoms with van der Waals surface area (Å²) in [6.45, 7) is 1.01. The molecule has 0 fully saturated rings. The number of unbranched alkanes of at least 4 members (excludes halogenated alkanes) is 2. The Morgan fingerprint density at radius 1 is 1.08 bits per heavy atom. The van der Waals surface area contributed by atoms with Gasteiger partial charge in [0.25, 0.3) is 0 Å². The van der Waals surface area contributed by atoms with Crippen molar-refractivity contribution in [2.45, 2.75) is 32.2 Å². The van der Waals surface area contributed by atoms with Crippen LogP contribution in [0.3, 0.4) is 0 Å². The van der Waals surface area contributed by atoms with Gasteiger partial charge in [-0.3, -0.25) is 9.89 Å². The minimum Gasteiger partial charge on any atom is -0.354 e. The van der Waals surface area contributed by atoms with Crippen molar-refractivity contribution < 1.29 is 4.79 Å². The van der Waals surface area contributed by atoms with E-state index in [1.807, 2.05) is 36.4 Å². The summed E-state index contributed by atoms with van der Waals surface area (Å²) in [6.07, 6.45) is 9.20. The summed E-state index contributed by atoms with van der Waals surface area (Å²) >= 11 is 0. The maximum absolute atomic E-state index is 12.0. The van der Waals surface area contributed by atoms with Gasteiger partial charge in [-0.05, 0) is 49.2 Å². The van der Waals surface area contributed by atoms with Gasteiger partial charge in [-0.1, -0.05) is 6.42 Å². The molecule has 3 rings (SSSR count). The molecule has 0 aliphatic rings. The maximum atomic E-state index is 12.0. The molecule has 24 heavy (non-hydrogen) atoms. The quantitative estimate of drug-likeness (QED) is 0.623. The fourth-order valence-corrected chi connectivity index (χ4v) is 2.56. The average molecular weight is 323 g/mol. The molecule has 0 saturated heterocycles. The summed E-state index contributed by atoms with van der Waals surface area (Å²) in [4.78, 5) is 16.1. The third-order valence-electron chi connectivity index (χ3n) is 3.84. The molecular weight excluding hydrogens is 302 g/mol. The van der Waals surface area contributed by atoms with E-state index in [-0.39, 0.29) is 5.91 Å². The van der Waals surface area contributed by atoms with Crippen LogP contribution in [0.5, 0.6) is 0 Å². The molecule has 2 aromatic heterocycles. The van der Waals surface area contributed by atoms with Crippen molar-refractivity contribution in [3.8, 4) is 11.4 Å². The number of carbonyl (C=O) groups is 1. The van der Waals surface area contributed by atoms with Crippen molar-refractivity contribution in [1.29, 1.82) is 0 Å². The second kappa shape index (κ2) is 8.10. The minimum atomic E-state index is 0.0587. The van der Waals surface area contributed by atoms with E-state index in [0.717, 1.165) is 42.9 Å². The first-order valence-corrected chi connectivity index (χ1v) is 8.18. The molecule has 0 unspecified atom stereocenters. The van der Waals surface area contributed by atoms with Crippen molar-refractivity contribution in [1.82, 2.24) is 19.7 Å². The van der Waals surface area contributed by atoms with Crippen LogP contribution in [-0.2, 0) is 11.3 Å². The van der Waals surface area contributed by atoms with E-state index in [2.05, 4.69) is 37.5 Å². The molecule has 2 N–H and O–H groups in total. The van der Waals surface area contributed by atoms with Crippen LogP contribution in [0.4, 0.5) is 5.69 Å². The Bertz CT molecular complexity index is 732. The van der Waals surface area contributed by atoms with Crippen LogP contribution >= 0.6 is 0 Å². The first kappa shape index (κ1) is 16.0. The van der Waals surface area contributed by atoms with Gasteiger partial charge in [0.2, 0.25) is 5.91 Å². The molecule has 6 heteroatoms. The number of nitrogens with zero attached hydrogens (tertiary/aromatic N) is 3. The molecule has 0 saturated carbocycles. The van der Waals surface area contributed by atoms with Gasteiger partial charge < -0.3 is 9.88 Å². The average Bonchev–Trinajstić information content (AvgIpc) is 3.29. The molecule has 1 amide bonds. The summed E-state index contributed by atoms with van der Waals surface area (Å²) in [5.41, 5.74) is 1.74. The molecule has 1 aromatic carbocycles. The van der Waals surface area contributed by atoms with E-state index in [4.69, 9.17) is 0 Å². The lowest BCUT2D eigenvalue weighted by molar-refractivity contribution is -0.116. The SMILES string of the molecule is O=C(CCCCCn1cccc1)Nc1ccc(-c2ncn[nH]2)cc1. The smallest absolute Gasteiger partial charge is 0.224 e. The topological polar surface area (TPSA) is 75.6 Å². The van der Waals surface area contributed by atoms with Gasteiger partial charge in [0.15, 0.2) is 5.82 Å². The van der Waals surface area contributed by atoms with Gasteiger partial charge in [0.1, 0.15) is 6.33 Å². The second-order valence-electron chi connectivity index (χ2n) is 5.69. The van der Waals surface area contributed by atoms with Gasteiger partial charge in [0.05, 0.1) is 0 Å². The molecule has 124 valence electrons. The van der Waals surface area contributed by atoms with Crippen molar-refractivity contribution >= 4 is 11.6 Å². The number of anilines is 1. The minimum absolute atomic E-state index is 0.0587. The predicted octanol–water partition coefficient (Wildman–Crippen LogP) is 3.47. The number of H-pyrrole nitrogens is 1. The largest absolute Gasteiger partial charge is 0.354 e. The lowest BCUT2D eigenvalue weighted by atomic mass is 10.1. The van der Waals surface area contributed by atoms with Crippen LogP contribution in [0.25, 0.3) is 11.4 Å². The highest BCUT2D eigenvalue weighted by Gasteiger charge is 2.04. The van der Waals surface area contributed by atoms with E-state index in [1.165, 1.54) is 6.33 Å². The summed E-state index contributed by atoms with van der Waals surface area (Å²) in [6, 6.07) is 11.6. The van der Waals surface area contributed by atoms with Crippen LogP contribution in [0, 0.1) is 0 Å². The Morgan fingerprint density at radius 3 is 2.58 bits per heavy atom. The van der Waals surface area contributed by atoms with Crippen molar-refractivity contribution in [3.63, 3.8) is 0 Å². The van der Waals surface area contributed by atoms with Gasteiger partial charge in [-0.2, -0.15) is 5.10 Å². The Kier molecular flexibility index (Phi) is 5.40. The number of benzene rings is 1. The highest BCUT2D eigenvalue weighted by atomic mass is 16.1. The predicted molar refractivity (Wildman–Crippen MR) is 93.3 cm³/mol. The fraction of sp³-hybridized carbons (Fsp3) is 0.278. The molecule has 2 heterocycles. The zero-order valence-electron chi connectivity index (χ0n) is 13.5. The van der Waals surface area contributed by atoms with E-state index in [1.54, 1.807) is 0 Å². The van der Waals surface area contributed by atoms with Crippen molar-refractivity contribution in [2.24, 2.45) is 0 Å². The van der Waals surface area contributed by atoms with Crippen LogP contribution < -0.4 is 5.32 Å². The van der Waals surface area contributed by atoms with E-state index < -0.39 is 0 Å². The first-order valence-electron chi connectivity index (χ1n) is 8.18. The first-order chi connectivity index (χ1) is 11.8. The number of amides is 1. The van der Waals surface area contributed by atoms with Gasteiger partial charge >= 0.3 is 0 Å². The third-order valence-corrected chi connectivity index (χ3v) is 3.84. The highest BCUT2D eigenvalue weighted by molar-refractivity contribution is 5.90. The number of carbonyl (C=O) groups excluding carboxylic acids is 1. The van der Waals surface area contributed by atoms with Crippen LogP contribution in [-0.4, -0.2) is 25.7 Å². The molecule has 0 spiro atoms. The molecule has 0 radical (unpaired) electrons. The van der Waals surface area contributed by atoms with Gasteiger partial charge in [-0.15, -0.1) is 0 Å². The Morgan fingerprint density at radius 2 is 1.88 bits per heavy atom.